The number of unbranched alkanes of at least 4 members (excludes halogenated alkanes) is 1. The van der Waals surface area contributed by atoms with E-state index in [1.165, 1.54) is 6.20 Å². The van der Waals surface area contributed by atoms with Crippen LogP contribution in [0, 0.1) is 0 Å². The standard InChI is InChI=1S/C13H20BN2O3.K/c1-2-16-19-10-4-3-9-15-11-12-5-7-13(8-6-12)14(17)18;/h2,5-8,15,17-18H,1,3-4,9-11H2;/q-1;+1. The van der Waals surface area contributed by atoms with Gasteiger partial charge in [0.2, 0.25) is 0 Å². The van der Waals surface area contributed by atoms with E-state index in [-0.39, 0.29) is 51.4 Å². The molecular formula is C13H20BKN2O3. The van der Waals surface area contributed by atoms with Gasteiger partial charge in [0.15, 0.2) is 0 Å². The molecule has 3 N–H and O–H groups in total. The van der Waals surface area contributed by atoms with Crippen molar-refractivity contribution in [3.8, 4) is 0 Å². The number of nitrogens with zero attached hydrogens (tertiary/aromatic N) is 1. The first-order chi connectivity index (χ1) is 9.24. The number of hydrogen-bond donors (Lipinski definition) is 3. The topological polar surface area (TPSA) is 75.8 Å². The zero-order valence-electron chi connectivity index (χ0n) is 12.0. The maximum atomic E-state index is 8.96. The van der Waals surface area contributed by atoms with Gasteiger partial charge in [-0.3, -0.25) is 0 Å². The average molecular weight is 302 g/mol. The Morgan fingerprint density at radius 3 is 2.55 bits per heavy atom. The van der Waals surface area contributed by atoms with E-state index in [0.717, 1.165) is 31.5 Å². The Morgan fingerprint density at radius 2 is 1.95 bits per heavy atom. The van der Waals surface area contributed by atoms with Crippen LogP contribution < -0.4 is 62.2 Å². The van der Waals surface area contributed by atoms with Gasteiger partial charge in [-0.25, -0.2) is 0 Å². The van der Waals surface area contributed by atoms with Gasteiger partial charge in [0.25, 0.3) is 0 Å². The maximum Gasteiger partial charge on any atom is 1.00 e. The van der Waals surface area contributed by atoms with Crippen molar-refractivity contribution in [2.24, 2.45) is 0 Å². The smallest absolute Gasteiger partial charge is 0.569 e. The third-order valence-corrected chi connectivity index (χ3v) is 2.60. The van der Waals surface area contributed by atoms with E-state index < -0.39 is 7.12 Å². The third-order valence-electron chi connectivity index (χ3n) is 2.60. The van der Waals surface area contributed by atoms with E-state index in [2.05, 4.69) is 17.4 Å². The fourth-order valence-electron chi connectivity index (χ4n) is 1.56. The Bertz CT molecular complexity index is 363. The van der Waals surface area contributed by atoms with E-state index >= 15 is 0 Å². The molecular weight excluding hydrogens is 282 g/mol. The van der Waals surface area contributed by atoms with Gasteiger partial charge in [-0.1, -0.05) is 24.3 Å². The average Bonchev–Trinajstić information content (AvgIpc) is 2.42. The van der Waals surface area contributed by atoms with Crippen LogP contribution in [-0.2, 0) is 11.4 Å². The van der Waals surface area contributed by atoms with Gasteiger partial charge in [-0.2, -0.15) is 6.20 Å². The first-order valence-electron chi connectivity index (χ1n) is 6.32. The van der Waals surface area contributed by atoms with Crippen molar-refractivity contribution in [2.45, 2.75) is 19.4 Å². The number of hydrogen-bond acceptors (Lipinski definition) is 4. The predicted octanol–water partition coefficient (Wildman–Crippen LogP) is -2.31. The van der Waals surface area contributed by atoms with Crippen LogP contribution in [-0.4, -0.2) is 30.3 Å². The van der Waals surface area contributed by atoms with Gasteiger partial charge >= 0.3 is 58.5 Å². The van der Waals surface area contributed by atoms with Crippen molar-refractivity contribution in [2.75, 3.05) is 13.2 Å². The van der Waals surface area contributed by atoms with Crippen molar-refractivity contribution in [1.29, 1.82) is 0 Å². The summed E-state index contributed by atoms with van der Waals surface area (Å²) in [5.74, 6) is 0. The molecule has 0 saturated heterocycles. The van der Waals surface area contributed by atoms with E-state index in [9.17, 15) is 0 Å². The molecule has 0 aromatic heterocycles. The molecule has 0 saturated carbocycles. The molecule has 0 amide bonds. The summed E-state index contributed by atoms with van der Waals surface area (Å²) in [6.45, 7) is 5.70. The zero-order valence-corrected chi connectivity index (χ0v) is 15.1. The quantitative estimate of drug-likeness (QED) is 0.258. The molecule has 0 unspecified atom stereocenters. The summed E-state index contributed by atoms with van der Waals surface area (Å²) < 4.78 is 0. The molecule has 0 aliphatic carbocycles. The van der Waals surface area contributed by atoms with Crippen LogP contribution in [0.4, 0.5) is 0 Å². The van der Waals surface area contributed by atoms with Crippen LogP contribution >= 0.6 is 0 Å². The number of rotatable bonds is 10. The summed E-state index contributed by atoms with van der Waals surface area (Å²) in [4.78, 5) is 4.92. The molecule has 0 fully saturated rings. The van der Waals surface area contributed by atoms with Gasteiger partial charge in [-0.05, 0) is 30.4 Å². The first-order valence-corrected chi connectivity index (χ1v) is 6.32. The number of benzene rings is 1. The normalized spacial score (nSPS) is 9.70. The summed E-state index contributed by atoms with van der Waals surface area (Å²) >= 11 is 0. The SMILES string of the molecule is C=C[N-]OCCCCNCc1ccc(B(O)O)cc1.[K+]. The van der Waals surface area contributed by atoms with Crippen molar-refractivity contribution in [1.82, 2.24) is 5.32 Å². The molecule has 7 heteroatoms. The van der Waals surface area contributed by atoms with Gasteiger partial charge in [-0.15, -0.1) is 6.58 Å². The van der Waals surface area contributed by atoms with Crippen LogP contribution in [0.3, 0.4) is 0 Å². The molecule has 0 heterocycles. The second kappa shape index (κ2) is 13.0. The summed E-state index contributed by atoms with van der Waals surface area (Å²) in [7, 11) is -1.40. The van der Waals surface area contributed by atoms with Crippen LogP contribution in [0.2, 0.25) is 0 Å². The third kappa shape index (κ3) is 9.28. The Morgan fingerprint density at radius 1 is 1.25 bits per heavy atom. The molecule has 0 atom stereocenters. The molecule has 0 spiro atoms. The van der Waals surface area contributed by atoms with Gasteiger partial charge in [0.1, 0.15) is 0 Å². The van der Waals surface area contributed by atoms with Crippen molar-refractivity contribution < 1.29 is 66.3 Å². The number of hydroxylamine groups is 1. The zero-order chi connectivity index (χ0) is 13.9. The summed E-state index contributed by atoms with van der Waals surface area (Å²) in [5, 5.41) is 21.2. The minimum Gasteiger partial charge on any atom is -0.569 e. The van der Waals surface area contributed by atoms with E-state index in [1.54, 1.807) is 12.1 Å². The van der Waals surface area contributed by atoms with Crippen molar-refractivity contribution >= 4 is 12.6 Å². The summed E-state index contributed by atoms with van der Waals surface area (Å²) in [5.41, 5.74) is 5.18. The fraction of sp³-hybridized carbons (Fsp3) is 0.385. The van der Waals surface area contributed by atoms with E-state index in [1.807, 2.05) is 12.1 Å². The molecule has 20 heavy (non-hydrogen) atoms. The van der Waals surface area contributed by atoms with Crippen molar-refractivity contribution in [3.63, 3.8) is 0 Å². The second-order valence-corrected chi connectivity index (χ2v) is 4.12. The molecule has 0 aliphatic heterocycles. The van der Waals surface area contributed by atoms with Crippen LogP contribution in [0.25, 0.3) is 5.48 Å². The molecule has 1 rings (SSSR count). The Hall–Kier alpha value is 0.301. The molecule has 0 radical (unpaired) electrons. The minimum atomic E-state index is -1.40. The van der Waals surface area contributed by atoms with Crippen LogP contribution in [0.15, 0.2) is 37.0 Å². The summed E-state index contributed by atoms with van der Waals surface area (Å²) in [6.07, 6.45) is 3.34. The minimum absolute atomic E-state index is 0. The molecule has 5 nitrogen and oxygen atoms in total. The Kier molecular flexibility index (Phi) is 13.2. The van der Waals surface area contributed by atoms with Gasteiger partial charge in [0, 0.05) is 13.2 Å². The maximum absolute atomic E-state index is 8.96. The number of nitrogens with one attached hydrogen (secondary N) is 1. The monoisotopic (exact) mass is 302 g/mol. The van der Waals surface area contributed by atoms with Gasteiger partial charge in [0.05, 0.1) is 0 Å². The van der Waals surface area contributed by atoms with E-state index in [0.29, 0.717) is 12.1 Å². The van der Waals surface area contributed by atoms with Crippen molar-refractivity contribution in [3.05, 3.63) is 48.1 Å². The fourth-order valence-corrected chi connectivity index (χ4v) is 1.56. The molecule has 1 aromatic rings. The van der Waals surface area contributed by atoms with Gasteiger partial charge < -0.3 is 25.7 Å². The summed E-state index contributed by atoms with van der Waals surface area (Å²) in [6, 6.07) is 7.19. The second-order valence-electron chi connectivity index (χ2n) is 4.12. The Balaban J connectivity index is 0.00000361. The largest absolute Gasteiger partial charge is 1.00 e. The molecule has 104 valence electrons. The Labute approximate surface area is 163 Å². The molecule has 0 aliphatic rings. The first kappa shape index (κ1) is 20.3. The molecule has 1 aromatic carbocycles. The predicted molar refractivity (Wildman–Crippen MR) is 76.7 cm³/mol. The van der Waals surface area contributed by atoms with E-state index in [4.69, 9.17) is 14.9 Å². The van der Waals surface area contributed by atoms with Crippen LogP contribution in [0.5, 0.6) is 0 Å². The molecule has 0 bridgehead atoms. The van der Waals surface area contributed by atoms with Crippen LogP contribution in [0.1, 0.15) is 18.4 Å².